The van der Waals surface area contributed by atoms with Crippen molar-refractivity contribution in [1.29, 1.82) is 0 Å². The maximum Gasteiger partial charge on any atom is 0.348 e. The van der Waals surface area contributed by atoms with E-state index in [1.165, 1.54) is 11.3 Å². The van der Waals surface area contributed by atoms with Gasteiger partial charge < -0.3 is 9.64 Å². The molecule has 6 nitrogen and oxygen atoms in total. The minimum absolute atomic E-state index is 0.117. The monoisotopic (exact) mass is 397 g/mol. The zero-order chi connectivity index (χ0) is 19.7. The van der Waals surface area contributed by atoms with Crippen molar-refractivity contribution < 1.29 is 14.3 Å². The van der Waals surface area contributed by atoms with Crippen molar-refractivity contribution in [3.63, 3.8) is 0 Å². The Labute approximate surface area is 167 Å². The number of amides is 1. The van der Waals surface area contributed by atoms with Gasteiger partial charge >= 0.3 is 5.97 Å². The first-order valence-electron chi connectivity index (χ1n) is 9.56. The van der Waals surface area contributed by atoms with Crippen LogP contribution in [-0.4, -0.2) is 45.8 Å². The van der Waals surface area contributed by atoms with Crippen LogP contribution < -0.4 is 0 Å². The summed E-state index contributed by atoms with van der Waals surface area (Å²) in [4.78, 5) is 28.1. The summed E-state index contributed by atoms with van der Waals surface area (Å²) >= 11 is 1.34. The maximum absolute atomic E-state index is 12.5. The van der Waals surface area contributed by atoms with E-state index in [1.807, 2.05) is 53.8 Å². The van der Waals surface area contributed by atoms with Gasteiger partial charge in [0, 0.05) is 18.0 Å². The van der Waals surface area contributed by atoms with Crippen molar-refractivity contribution in [2.45, 2.75) is 39.2 Å². The fourth-order valence-electron chi connectivity index (χ4n) is 3.64. The Morgan fingerprint density at radius 2 is 2.04 bits per heavy atom. The number of fused-ring (bicyclic) bond motifs is 1. The van der Waals surface area contributed by atoms with Gasteiger partial charge in [-0.1, -0.05) is 18.2 Å². The SMILES string of the molecule is Cc1nn(-c2ccccc2)c2sc(C(=O)OCC(=O)N3CCCC[C@@H]3C)cc12. The number of rotatable bonds is 4. The molecule has 0 aliphatic carbocycles. The first kappa shape index (κ1) is 18.7. The third-order valence-corrected chi connectivity index (χ3v) is 6.29. The number of aryl methyl sites for hydroxylation is 1. The zero-order valence-electron chi connectivity index (χ0n) is 16.1. The molecule has 1 amide bonds. The highest BCUT2D eigenvalue weighted by Crippen LogP contribution is 2.30. The van der Waals surface area contributed by atoms with Crippen LogP contribution in [0.5, 0.6) is 0 Å². The molecular weight excluding hydrogens is 374 g/mol. The van der Waals surface area contributed by atoms with Gasteiger partial charge in [-0.05, 0) is 51.3 Å². The lowest BCUT2D eigenvalue weighted by Gasteiger charge is -2.33. The largest absolute Gasteiger partial charge is 0.451 e. The molecule has 0 saturated carbocycles. The first-order chi connectivity index (χ1) is 13.5. The highest BCUT2D eigenvalue weighted by atomic mass is 32.1. The third-order valence-electron chi connectivity index (χ3n) is 5.20. The number of piperidine rings is 1. The molecule has 0 N–H and O–H groups in total. The van der Waals surface area contributed by atoms with Gasteiger partial charge in [0.15, 0.2) is 6.61 Å². The lowest BCUT2D eigenvalue weighted by Crippen LogP contribution is -2.44. The van der Waals surface area contributed by atoms with E-state index < -0.39 is 5.97 Å². The molecule has 1 atom stereocenters. The predicted molar refractivity (Wildman–Crippen MR) is 109 cm³/mol. The summed E-state index contributed by atoms with van der Waals surface area (Å²) in [7, 11) is 0. The maximum atomic E-state index is 12.5. The third kappa shape index (κ3) is 3.54. The number of benzene rings is 1. The quantitative estimate of drug-likeness (QED) is 0.625. The van der Waals surface area contributed by atoms with Gasteiger partial charge in [-0.2, -0.15) is 5.10 Å². The molecular formula is C21H23N3O3S. The first-order valence-corrected chi connectivity index (χ1v) is 10.4. The molecule has 4 rings (SSSR count). The highest BCUT2D eigenvalue weighted by Gasteiger charge is 2.25. The number of hydrogen-bond donors (Lipinski definition) is 0. The number of para-hydroxylation sites is 1. The van der Waals surface area contributed by atoms with E-state index in [0.29, 0.717) is 4.88 Å². The Morgan fingerprint density at radius 1 is 1.25 bits per heavy atom. The van der Waals surface area contributed by atoms with Crippen molar-refractivity contribution in [3.8, 4) is 5.69 Å². The highest BCUT2D eigenvalue weighted by molar-refractivity contribution is 7.20. The van der Waals surface area contributed by atoms with Gasteiger partial charge in [0.05, 0.1) is 11.4 Å². The number of aromatic nitrogens is 2. The number of thiophene rings is 1. The summed E-state index contributed by atoms with van der Waals surface area (Å²) in [6, 6.07) is 11.8. The van der Waals surface area contributed by atoms with Crippen LogP contribution in [0.2, 0.25) is 0 Å². The van der Waals surface area contributed by atoms with Crippen LogP contribution in [-0.2, 0) is 9.53 Å². The van der Waals surface area contributed by atoms with Crippen LogP contribution in [0.4, 0.5) is 0 Å². The smallest absolute Gasteiger partial charge is 0.348 e. The normalized spacial score (nSPS) is 17.1. The Balaban J connectivity index is 1.50. The number of carbonyl (C=O) groups is 2. The number of carbonyl (C=O) groups excluding carboxylic acids is 2. The van der Waals surface area contributed by atoms with E-state index >= 15 is 0 Å². The topological polar surface area (TPSA) is 64.4 Å². The Morgan fingerprint density at radius 3 is 2.79 bits per heavy atom. The minimum Gasteiger partial charge on any atom is -0.451 e. The van der Waals surface area contributed by atoms with Crippen LogP contribution in [0.3, 0.4) is 0 Å². The summed E-state index contributed by atoms with van der Waals surface area (Å²) < 4.78 is 7.17. The predicted octanol–water partition coefficient (Wildman–Crippen LogP) is 3.95. The number of ether oxygens (including phenoxy) is 1. The van der Waals surface area contributed by atoms with E-state index in [-0.39, 0.29) is 18.6 Å². The zero-order valence-corrected chi connectivity index (χ0v) is 16.9. The number of esters is 1. The number of nitrogens with zero attached hydrogens (tertiary/aromatic N) is 3. The van der Waals surface area contributed by atoms with Gasteiger partial charge in [0.1, 0.15) is 9.71 Å². The molecule has 3 heterocycles. The molecule has 146 valence electrons. The summed E-state index contributed by atoms with van der Waals surface area (Å²) in [5.74, 6) is -0.577. The van der Waals surface area contributed by atoms with Gasteiger partial charge in [-0.25, -0.2) is 9.48 Å². The summed E-state index contributed by atoms with van der Waals surface area (Å²) in [5.41, 5.74) is 1.80. The van der Waals surface area contributed by atoms with Crippen LogP contribution in [0.15, 0.2) is 36.4 Å². The molecule has 28 heavy (non-hydrogen) atoms. The molecule has 1 aromatic carbocycles. The van der Waals surface area contributed by atoms with Gasteiger partial charge in [0.2, 0.25) is 0 Å². The van der Waals surface area contributed by atoms with Crippen molar-refractivity contribution in [2.24, 2.45) is 0 Å². The van der Waals surface area contributed by atoms with Crippen LogP contribution in [0.25, 0.3) is 15.9 Å². The molecule has 1 fully saturated rings. The Bertz CT molecular complexity index is 1010. The number of hydrogen-bond acceptors (Lipinski definition) is 5. The molecule has 7 heteroatoms. The van der Waals surface area contributed by atoms with Crippen LogP contribution in [0.1, 0.15) is 41.6 Å². The van der Waals surface area contributed by atoms with Crippen molar-refractivity contribution in [1.82, 2.24) is 14.7 Å². The van der Waals surface area contributed by atoms with Crippen LogP contribution >= 0.6 is 11.3 Å². The molecule has 2 aromatic heterocycles. The van der Waals surface area contributed by atoms with Gasteiger partial charge in [0.25, 0.3) is 5.91 Å². The molecule has 1 aliphatic heterocycles. The average molecular weight is 398 g/mol. The van der Waals surface area contributed by atoms with Gasteiger partial charge in [-0.15, -0.1) is 11.3 Å². The lowest BCUT2D eigenvalue weighted by atomic mass is 10.0. The van der Waals surface area contributed by atoms with Crippen molar-refractivity contribution >= 4 is 33.4 Å². The van der Waals surface area contributed by atoms with E-state index in [9.17, 15) is 9.59 Å². The second-order valence-electron chi connectivity index (χ2n) is 7.17. The van der Waals surface area contributed by atoms with Crippen LogP contribution in [0, 0.1) is 6.92 Å². The van der Waals surface area contributed by atoms with E-state index in [1.54, 1.807) is 6.07 Å². The lowest BCUT2D eigenvalue weighted by molar-refractivity contribution is -0.137. The fraction of sp³-hybridized carbons (Fsp3) is 0.381. The Hall–Kier alpha value is -2.67. The molecule has 0 spiro atoms. The molecule has 0 radical (unpaired) electrons. The molecule has 1 aliphatic rings. The minimum atomic E-state index is -0.460. The number of likely N-dealkylation sites (tertiary alicyclic amines) is 1. The standard InChI is InChI=1S/C21H23N3O3S/c1-14-8-6-7-11-23(14)19(25)13-27-21(26)18-12-17-15(2)22-24(20(17)28-18)16-9-4-3-5-10-16/h3-5,9-10,12,14H,6-8,11,13H2,1-2H3/t14-/m0/s1. The summed E-state index contributed by atoms with van der Waals surface area (Å²) in [6.45, 7) is 4.50. The Kier molecular flexibility index (Phi) is 5.17. The molecule has 0 bridgehead atoms. The summed E-state index contributed by atoms with van der Waals surface area (Å²) in [5, 5.41) is 5.51. The van der Waals surface area contributed by atoms with E-state index in [4.69, 9.17) is 4.74 Å². The average Bonchev–Trinajstić information content (AvgIpc) is 3.28. The molecule has 0 unspecified atom stereocenters. The van der Waals surface area contributed by atoms with Crippen molar-refractivity contribution in [2.75, 3.05) is 13.2 Å². The van der Waals surface area contributed by atoms with Crippen molar-refractivity contribution in [3.05, 3.63) is 47.0 Å². The second-order valence-corrected chi connectivity index (χ2v) is 8.20. The molecule has 1 saturated heterocycles. The summed E-state index contributed by atoms with van der Waals surface area (Å²) in [6.07, 6.45) is 3.16. The van der Waals surface area contributed by atoms with E-state index in [2.05, 4.69) is 5.10 Å². The molecule has 3 aromatic rings. The fourth-order valence-corrected chi connectivity index (χ4v) is 4.72. The van der Waals surface area contributed by atoms with Gasteiger partial charge in [-0.3, -0.25) is 4.79 Å². The second kappa shape index (κ2) is 7.75. The van der Waals surface area contributed by atoms with E-state index in [0.717, 1.165) is 47.4 Å².